The van der Waals surface area contributed by atoms with E-state index in [-0.39, 0.29) is 17.0 Å². The smallest absolute Gasteiger partial charge is 0.150 e. The Hall–Kier alpha value is -1.01. The van der Waals surface area contributed by atoms with Crippen LogP contribution in [0.15, 0.2) is 12.1 Å². The van der Waals surface area contributed by atoms with Gasteiger partial charge < -0.3 is 5.11 Å². The number of rotatable bonds is 3. The standard InChI is InChI=1S/C15H20F2O3S/c1-9-6-12(14(17)8-13(9)16)15(18)10-4-3-5-11(7-10)21(2,19)20/h6,8,10-11,15,18H,3-5,7H2,1-2H3. The van der Waals surface area contributed by atoms with Gasteiger partial charge in [-0.25, -0.2) is 17.2 Å². The van der Waals surface area contributed by atoms with Crippen LogP contribution in [0.3, 0.4) is 0 Å². The van der Waals surface area contributed by atoms with Crippen LogP contribution < -0.4 is 0 Å². The van der Waals surface area contributed by atoms with Crippen molar-refractivity contribution >= 4 is 9.84 Å². The van der Waals surface area contributed by atoms with Crippen molar-refractivity contribution < 1.29 is 22.3 Å². The highest BCUT2D eigenvalue weighted by molar-refractivity contribution is 7.91. The molecule has 2 rings (SSSR count). The molecule has 1 N–H and O–H groups in total. The Morgan fingerprint density at radius 1 is 1.24 bits per heavy atom. The van der Waals surface area contributed by atoms with Crippen LogP contribution in [0.1, 0.15) is 42.9 Å². The summed E-state index contributed by atoms with van der Waals surface area (Å²) in [5, 5.41) is 9.88. The van der Waals surface area contributed by atoms with Gasteiger partial charge in [0, 0.05) is 17.9 Å². The Balaban J connectivity index is 2.24. The van der Waals surface area contributed by atoms with Crippen molar-refractivity contribution in [2.24, 2.45) is 5.92 Å². The number of sulfone groups is 1. The van der Waals surface area contributed by atoms with Gasteiger partial charge in [0.05, 0.1) is 11.4 Å². The second-order valence-electron chi connectivity index (χ2n) is 5.95. The van der Waals surface area contributed by atoms with Crippen molar-refractivity contribution in [2.75, 3.05) is 6.26 Å². The van der Waals surface area contributed by atoms with Crippen molar-refractivity contribution in [3.63, 3.8) is 0 Å². The third-order valence-corrected chi connectivity index (χ3v) is 5.95. The molecular weight excluding hydrogens is 298 g/mol. The summed E-state index contributed by atoms with van der Waals surface area (Å²) in [5.41, 5.74) is 0.314. The minimum Gasteiger partial charge on any atom is -0.388 e. The zero-order chi connectivity index (χ0) is 15.8. The first-order valence-corrected chi connectivity index (χ1v) is 8.98. The largest absolute Gasteiger partial charge is 0.388 e. The Bertz CT molecular complexity index is 628. The van der Waals surface area contributed by atoms with Crippen LogP contribution in [0.5, 0.6) is 0 Å². The summed E-state index contributed by atoms with van der Waals surface area (Å²) in [4.78, 5) is 0. The zero-order valence-corrected chi connectivity index (χ0v) is 13.0. The van der Waals surface area contributed by atoms with E-state index in [0.717, 1.165) is 6.07 Å². The van der Waals surface area contributed by atoms with Crippen LogP contribution in [0.25, 0.3) is 0 Å². The van der Waals surface area contributed by atoms with Gasteiger partial charge >= 0.3 is 0 Å². The van der Waals surface area contributed by atoms with Crippen LogP contribution >= 0.6 is 0 Å². The van der Waals surface area contributed by atoms with Crippen molar-refractivity contribution in [2.45, 2.75) is 44.0 Å². The van der Waals surface area contributed by atoms with Gasteiger partial charge in [-0.1, -0.05) is 6.42 Å². The highest BCUT2D eigenvalue weighted by Crippen LogP contribution is 2.37. The predicted octanol–water partition coefficient (Wildman–Crippen LogP) is 2.91. The van der Waals surface area contributed by atoms with Crippen LogP contribution in [-0.2, 0) is 9.84 Å². The van der Waals surface area contributed by atoms with E-state index in [1.807, 2.05) is 0 Å². The number of hydrogen-bond acceptors (Lipinski definition) is 3. The lowest BCUT2D eigenvalue weighted by atomic mass is 9.82. The molecule has 1 aromatic rings. The summed E-state index contributed by atoms with van der Waals surface area (Å²) in [6.45, 7) is 1.51. The number of benzene rings is 1. The molecule has 1 aliphatic carbocycles. The number of aryl methyl sites for hydroxylation is 1. The third-order valence-electron chi connectivity index (χ3n) is 4.32. The molecule has 0 saturated heterocycles. The average Bonchev–Trinajstić information content (AvgIpc) is 2.41. The molecule has 3 atom stereocenters. The van der Waals surface area contributed by atoms with Gasteiger partial charge in [0.15, 0.2) is 0 Å². The van der Waals surface area contributed by atoms with E-state index in [0.29, 0.717) is 25.7 Å². The molecule has 1 aliphatic rings. The molecule has 0 aliphatic heterocycles. The second-order valence-corrected chi connectivity index (χ2v) is 8.27. The van der Waals surface area contributed by atoms with Gasteiger partial charge in [-0.3, -0.25) is 0 Å². The molecule has 6 heteroatoms. The molecule has 1 aromatic carbocycles. The van der Waals surface area contributed by atoms with Crippen LogP contribution in [-0.4, -0.2) is 25.0 Å². The van der Waals surface area contributed by atoms with Gasteiger partial charge in [-0.05, 0) is 43.7 Å². The molecule has 0 aromatic heterocycles. The molecule has 1 saturated carbocycles. The average molecular weight is 318 g/mol. The summed E-state index contributed by atoms with van der Waals surface area (Å²) in [6.07, 6.45) is 2.30. The van der Waals surface area contributed by atoms with Crippen LogP contribution in [0, 0.1) is 24.5 Å². The summed E-state index contributed by atoms with van der Waals surface area (Å²) in [5.74, 6) is -1.76. The third kappa shape index (κ3) is 3.61. The SMILES string of the molecule is Cc1cc(C(O)C2CCCC(S(C)(=O)=O)C2)c(F)cc1F. The molecule has 0 bridgehead atoms. The molecule has 3 nitrogen and oxygen atoms in total. The Labute approximate surface area is 123 Å². The van der Waals surface area contributed by atoms with Gasteiger partial charge in [-0.15, -0.1) is 0 Å². The molecule has 0 spiro atoms. The van der Waals surface area contributed by atoms with E-state index in [1.165, 1.54) is 19.2 Å². The minimum absolute atomic E-state index is 0.0491. The summed E-state index contributed by atoms with van der Waals surface area (Å²) >= 11 is 0. The highest BCUT2D eigenvalue weighted by Gasteiger charge is 2.34. The van der Waals surface area contributed by atoms with Crippen LogP contribution in [0.4, 0.5) is 8.78 Å². The van der Waals surface area contributed by atoms with E-state index in [1.54, 1.807) is 0 Å². The molecule has 0 radical (unpaired) electrons. The lowest BCUT2D eigenvalue weighted by molar-refractivity contribution is 0.0823. The number of aliphatic hydroxyl groups excluding tert-OH is 1. The van der Waals surface area contributed by atoms with Crippen molar-refractivity contribution in [3.8, 4) is 0 Å². The summed E-state index contributed by atoms with van der Waals surface area (Å²) in [6, 6.07) is 2.07. The van der Waals surface area contributed by atoms with E-state index in [9.17, 15) is 22.3 Å². The van der Waals surface area contributed by atoms with E-state index < -0.39 is 32.8 Å². The first kappa shape index (κ1) is 16.4. The Morgan fingerprint density at radius 2 is 1.90 bits per heavy atom. The molecular formula is C15H20F2O3S. The van der Waals surface area contributed by atoms with Gasteiger partial charge in [0.2, 0.25) is 0 Å². The molecule has 0 heterocycles. The van der Waals surface area contributed by atoms with Gasteiger partial charge in [-0.2, -0.15) is 0 Å². The molecule has 21 heavy (non-hydrogen) atoms. The molecule has 3 unspecified atom stereocenters. The molecule has 1 fully saturated rings. The normalized spacial score (nSPS) is 24.8. The maximum atomic E-state index is 13.8. The van der Waals surface area contributed by atoms with Crippen molar-refractivity contribution in [1.29, 1.82) is 0 Å². The molecule has 118 valence electrons. The van der Waals surface area contributed by atoms with E-state index in [2.05, 4.69) is 0 Å². The lowest BCUT2D eigenvalue weighted by Crippen LogP contribution is -2.30. The monoisotopic (exact) mass is 318 g/mol. The van der Waals surface area contributed by atoms with Crippen LogP contribution in [0.2, 0.25) is 0 Å². The predicted molar refractivity (Wildman–Crippen MR) is 76.6 cm³/mol. The first-order valence-electron chi connectivity index (χ1n) is 7.02. The Morgan fingerprint density at radius 3 is 2.52 bits per heavy atom. The van der Waals surface area contributed by atoms with E-state index in [4.69, 9.17) is 0 Å². The van der Waals surface area contributed by atoms with E-state index >= 15 is 0 Å². The lowest BCUT2D eigenvalue weighted by Gasteiger charge is -2.31. The fraction of sp³-hybridized carbons (Fsp3) is 0.600. The minimum atomic E-state index is -3.16. The van der Waals surface area contributed by atoms with Gasteiger partial charge in [0.25, 0.3) is 0 Å². The molecule has 0 amide bonds. The highest BCUT2D eigenvalue weighted by atomic mass is 32.2. The zero-order valence-electron chi connectivity index (χ0n) is 12.1. The first-order chi connectivity index (χ1) is 9.70. The number of hydrogen-bond donors (Lipinski definition) is 1. The second kappa shape index (κ2) is 6.01. The fourth-order valence-electron chi connectivity index (χ4n) is 3.02. The quantitative estimate of drug-likeness (QED) is 0.932. The topological polar surface area (TPSA) is 54.4 Å². The van der Waals surface area contributed by atoms with Gasteiger partial charge in [0.1, 0.15) is 21.5 Å². The van der Waals surface area contributed by atoms with Crippen molar-refractivity contribution in [3.05, 3.63) is 34.9 Å². The number of aliphatic hydroxyl groups is 1. The maximum absolute atomic E-state index is 13.8. The van der Waals surface area contributed by atoms with Crippen molar-refractivity contribution in [1.82, 2.24) is 0 Å². The maximum Gasteiger partial charge on any atom is 0.150 e. The Kier molecular flexibility index (Phi) is 4.68. The fourth-order valence-corrected chi connectivity index (χ4v) is 4.21. The number of halogens is 2. The summed E-state index contributed by atoms with van der Waals surface area (Å²) < 4.78 is 50.4. The summed E-state index contributed by atoms with van der Waals surface area (Å²) in [7, 11) is -3.16.